The van der Waals surface area contributed by atoms with E-state index in [0.717, 1.165) is 34.7 Å². The molecule has 0 saturated carbocycles. The number of nitrogens with one attached hydrogen (secondary N) is 1. The van der Waals surface area contributed by atoms with Crippen molar-refractivity contribution in [2.45, 2.75) is 32.7 Å². The first kappa shape index (κ1) is 17.9. The minimum absolute atomic E-state index is 0.0753. The van der Waals surface area contributed by atoms with Crippen LogP contribution in [0.15, 0.2) is 30.6 Å². The lowest BCUT2D eigenvalue weighted by atomic mass is 10.2. The van der Waals surface area contributed by atoms with E-state index in [1.165, 1.54) is 20.2 Å². The van der Waals surface area contributed by atoms with Gasteiger partial charge in [0.2, 0.25) is 11.8 Å². The van der Waals surface area contributed by atoms with Gasteiger partial charge in [0.1, 0.15) is 17.2 Å². The van der Waals surface area contributed by atoms with Gasteiger partial charge in [0, 0.05) is 19.4 Å². The van der Waals surface area contributed by atoms with Crippen molar-refractivity contribution >= 4 is 17.6 Å². The number of rotatable bonds is 4. The number of imidazole rings is 1. The van der Waals surface area contributed by atoms with Crippen LogP contribution >= 0.6 is 0 Å². The summed E-state index contributed by atoms with van der Waals surface area (Å²) >= 11 is 0. The standard InChI is InChI=1S/C19H20N6O3/c1-11-7-8-17-20-9-15(25(11)17)14-5-4-6-16(21-14)22-18(27)13-10-24(12(2)26)23-19(13)28-3/h4-6,9-11H,7-8H2,1-3H3,(H,21,22,27). The van der Waals surface area contributed by atoms with Gasteiger partial charge < -0.3 is 14.6 Å². The second-order valence-corrected chi connectivity index (χ2v) is 6.70. The van der Waals surface area contributed by atoms with Crippen molar-refractivity contribution in [3.63, 3.8) is 0 Å². The molecule has 0 spiro atoms. The predicted octanol–water partition coefficient (Wildman–Crippen LogP) is 2.57. The molecule has 0 radical (unpaired) electrons. The molecule has 1 unspecified atom stereocenters. The third-order valence-corrected chi connectivity index (χ3v) is 4.79. The van der Waals surface area contributed by atoms with Crippen molar-refractivity contribution in [1.29, 1.82) is 0 Å². The number of hydrogen-bond donors (Lipinski definition) is 1. The Morgan fingerprint density at radius 3 is 2.89 bits per heavy atom. The second-order valence-electron chi connectivity index (χ2n) is 6.70. The highest BCUT2D eigenvalue weighted by Gasteiger charge is 2.24. The van der Waals surface area contributed by atoms with E-state index in [9.17, 15) is 9.59 Å². The van der Waals surface area contributed by atoms with E-state index in [2.05, 4.69) is 31.9 Å². The highest BCUT2D eigenvalue weighted by Crippen LogP contribution is 2.31. The van der Waals surface area contributed by atoms with Gasteiger partial charge in [0.15, 0.2) is 0 Å². The molecule has 1 amide bonds. The van der Waals surface area contributed by atoms with Gasteiger partial charge in [0.25, 0.3) is 5.91 Å². The molecule has 0 fully saturated rings. The maximum Gasteiger partial charge on any atom is 0.263 e. The number of carbonyl (C=O) groups excluding carboxylic acids is 2. The average molecular weight is 380 g/mol. The monoisotopic (exact) mass is 380 g/mol. The minimum atomic E-state index is -0.458. The van der Waals surface area contributed by atoms with Gasteiger partial charge in [0.05, 0.1) is 30.9 Å². The fraction of sp³-hybridized carbons (Fsp3) is 0.316. The number of aromatic nitrogens is 5. The zero-order valence-corrected chi connectivity index (χ0v) is 15.8. The molecule has 1 atom stereocenters. The highest BCUT2D eigenvalue weighted by molar-refractivity contribution is 6.05. The van der Waals surface area contributed by atoms with Crippen molar-refractivity contribution in [3.05, 3.63) is 42.0 Å². The Morgan fingerprint density at radius 1 is 1.32 bits per heavy atom. The summed E-state index contributed by atoms with van der Waals surface area (Å²) in [5.74, 6) is 0.745. The normalized spacial score (nSPS) is 15.3. The van der Waals surface area contributed by atoms with Crippen LogP contribution in [0.1, 0.15) is 47.3 Å². The molecule has 144 valence electrons. The summed E-state index contributed by atoms with van der Waals surface area (Å²) in [5.41, 5.74) is 1.82. The van der Waals surface area contributed by atoms with Crippen molar-refractivity contribution in [2.75, 3.05) is 12.4 Å². The van der Waals surface area contributed by atoms with E-state index in [1.807, 2.05) is 18.3 Å². The smallest absolute Gasteiger partial charge is 0.263 e. The maximum absolute atomic E-state index is 12.7. The van der Waals surface area contributed by atoms with Gasteiger partial charge in [-0.05, 0) is 25.5 Å². The maximum atomic E-state index is 12.7. The van der Waals surface area contributed by atoms with Gasteiger partial charge in [-0.2, -0.15) is 0 Å². The zero-order chi connectivity index (χ0) is 19.8. The summed E-state index contributed by atoms with van der Waals surface area (Å²) in [6.07, 6.45) is 5.18. The molecular formula is C19H20N6O3. The SMILES string of the molecule is COc1nn(C(C)=O)cc1C(=O)Nc1cccc(-c2cnc3n2C(C)CC3)n1. The summed E-state index contributed by atoms with van der Waals surface area (Å²) in [6.45, 7) is 3.51. The lowest BCUT2D eigenvalue weighted by Gasteiger charge is -2.12. The Balaban J connectivity index is 1.61. The summed E-state index contributed by atoms with van der Waals surface area (Å²) in [4.78, 5) is 33.2. The lowest BCUT2D eigenvalue weighted by Crippen LogP contribution is -2.14. The van der Waals surface area contributed by atoms with Crippen LogP contribution in [0, 0.1) is 0 Å². The molecule has 3 aromatic rings. The molecule has 0 aromatic carbocycles. The zero-order valence-electron chi connectivity index (χ0n) is 15.8. The topological polar surface area (TPSA) is 104 Å². The van der Waals surface area contributed by atoms with Crippen LogP contribution in [0.3, 0.4) is 0 Å². The molecule has 28 heavy (non-hydrogen) atoms. The van der Waals surface area contributed by atoms with Gasteiger partial charge in [-0.3, -0.25) is 9.59 Å². The number of carbonyl (C=O) groups is 2. The summed E-state index contributed by atoms with van der Waals surface area (Å²) < 4.78 is 8.36. The number of amides is 1. The molecule has 9 nitrogen and oxygen atoms in total. The number of hydrogen-bond acceptors (Lipinski definition) is 6. The van der Waals surface area contributed by atoms with Crippen LogP contribution in [0.25, 0.3) is 11.4 Å². The van der Waals surface area contributed by atoms with Crippen molar-refractivity contribution in [3.8, 4) is 17.3 Å². The molecule has 4 heterocycles. The number of nitrogens with zero attached hydrogens (tertiary/aromatic N) is 5. The van der Waals surface area contributed by atoms with Crippen LogP contribution in [-0.2, 0) is 6.42 Å². The quantitative estimate of drug-likeness (QED) is 0.746. The molecule has 1 aliphatic heterocycles. The average Bonchev–Trinajstić information content (AvgIpc) is 3.38. The largest absolute Gasteiger partial charge is 0.479 e. The highest BCUT2D eigenvalue weighted by atomic mass is 16.5. The number of methoxy groups -OCH3 is 1. The van der Waals surface area contributed by atoms with Gasteiger partial charge in [-0.15, -0.1) is 5.10 Å². The predicted molar refractivity (Wildman–Crippen MR) is 102 cm³/mol. The molecule has 1 aliphatic rings. The van der Waals surface area contributed by atoms with Crippen LogP contribution in [0.4, 0.5) is 5.82 Å². The van der Waals surface area contributed by atoms with Crippen LogP contribution < -0.4 is 10.1 Å². The first-order valence-electron chi connectivity index (χ1n) is 8.97. The molecule has 3 aromatic heterocycles. The Morgan fingerprint density at radius 2 is 2.14 bits per heavy atom. The Bertz CT molecular complexity index is 1070. The number of ether oxygens (including phenoxy) is 1. The van der Waals surface area contributed by atoms with Crippen LogP contribution in [0.5, 0.6) is 5.88 Å². The summed E-state index contributed by atoms with van der Waals surface area (Å²) in [5, 5.41) is 6.69. The number of aryl methyl sites for hydroxylation is 1. The number of fused-ring (bicyclic) bond motifs is 1. The van der Waals surface area contributed by atoms with E-state index in [4.69, 9.17) is 4.74 Å². The number of anilines is 1. The van der Waals surface area contributed by atoms with E-state index in [-0.39, 0.29) is 17.4 Å². The molecule has 4 rings (SSSR count). The molecule has 0 aliphatic carbocycles. The Kier molecular flexibility index (Phi) is 4.42. The molecule has 1 N–H and O–H groups in total. The van der Waals surface area contributed by atoms with Crippen molar-refractivity contribution in [2.24, 2.45) is 0 Å². The van der Waals surface area contributed by atoms with Crippen molar-refractivity contribution in [1.82, 2.24) is 24.3 Å². The van der Waals surface area contributed by atoms with Gasteiger partial charge in [-0.25, -0.2) is 14.6 Å². The fourth-order valence-electron chi connectivity index (χ4n) is 3.39. The van der Waals surface area contributed by atoms with E-state index in [0.29, 0.717) is 11.9 Å². The summed E-state index contributed by atoms with van der Waals surface area (Å²) in [7, 11) is 1.39. The third kappa shape index (κ3) is 3.04. The molecular weight excluding hydrogens is 360 g/mol. The molecule has 9 heteroatoms. The second kappa shape index (κ2) is 6.91. The van der Waals surface area contributed by atoms with E-state index in [1.54, 1.807) is 6.07 Å². The summed E-state index contributed by atoms with van der Waals surface area (Å²) in [6, 6.07) is 5.79. The van der Waals surface area contributed by atoms with Crippen LogP contribution in [0.2, 0.25) is 0 Å². The fourth-order valence-corrected chi connectivity index (χ4v) is 3.39. The van der Waals surface area contributed by atoms with Gasteiger partial charge >= 0.3 is 0 Å². The van der Waals surface area contributed by atoms with Crippen LogP contribution in [-0.4, -0.2) is 43.2 Å². The molecule has 0 saturated heterocycles. The molecule has 0 bridgehead atoms. The first-order valence-corrected chi connectivity index (χ1v) is 8.97. The van der Waals surface area contributed by atoms with Gasteiger partial charge in [-0.1, -0.05) is 6.07 Å². The Labute approximate surface area is 161 Å². The third-order valence-electron chi connectivity index (χ3n) is 4.79. The van der Waals surface area contributed by atoms with E-state index >= 15 is 0 Å². The number of pyridine rings is 1. The first-order chi connectivity index (χ1) is 13.5. The van der Waals surface area contributed by atoms with E-state index < -0.39 is 5.91 Å². The Hall–Kier alpha value is -3.49. The lowest BCUT2D eigenvalue weighted by molar-refractivity contribution is 0.0919. The van der Waals surface area contributed by atoms with Crippen molar-refractivity contribution < 1.29 is 14.3 Å². The minimum Gasteiger partial charge on any atom is -0.479 e.